The third-order valence-corrected chi connectivity index (χ3v) is 2.82. The highest BCUT2D eigenvalue weighted by Gasteiger charge is 2.16. The van der Waals surface area contributed by atoms with E-state index in [1.54, 1.807) is 19.1 Å². The number of halogens is 1. The van der Waals surface area contributed by atoms with Gasteiger partial charge in [0.1, 0.15) is 10.9 Å². The third-order valence-electron chi connectivity index (χ3n) is 2.62. The highest BCUT2D eigenvalue weighted by Crippen LogP contribution is 2.33. The van der Waals surface area contributed by atoms with Crippen molar-refractivity contribution in [2.45, 2.75) is 20.8 Å². The number of carboxylic acid groups (broad SMARTS) is 1. The first-order chi connectivity index (χ1) is 10.0. The fourth-order valence-corrected chi connectivity index (χ4v) is 1.90. The average Bonchev–Trinajstić information content (AvgIpc) is 2.48. The van der Waals surface area contributed by atoms with E-state index in [-0.39, 0.29) is 10.7 Å². The zero-order valence-electron chi connectivity index (χ0n) is 12.3. The summed E-state index contributed by atoms with van der Waals surface area (Å²) in [7, 11) is 1.49. The molecule has 0 bridgehead atoms. The Morgan fingerprint density at radius 1 is 1.19 bits per heavy atom. The van der Waals surface area contributed by atoms with Crippen LogP contribution in [0.4, 0.5) is 0 Å². The number of carboxylic acids is 1. The summed E-state index contributed by atoms with van der Waals surface area (Å²) in [5.41, 5.74) is 1.87. The van der Waals surface area contributed by atoms with Crippen molar-refractivity contribution in [1.82, 2.24) is 9.97 Å². The standard InChI is InChI=1S/C13H11ClN2O3.C2H6/c1-7-3-8(10(5-15-7)13(17)18)9-4-12(14)16-6-11(9)19-2;1-2/h3-6H,1-2H3,(H,17,18);1-2H3. The van der Waals surface area contributed by atoms with E-state index in [0.717, 1.165) is 0 Å². The van der Waals surface area contributed by atoms with E-state index in [0.29, 0.717) is 22.6 Å². The number of aromatic nitrogens is 2. The molecule has 2 aromatic heterocycles. The molecule has 0 saturated heterocycles. The van der Waals surface area contributed by atoms with Crippen molar-refractivity contribution in [1.29, 1.82) is 0 Å². The number of hydrogen-bond donors (Lipinski definition) is 1. The summed E-state index contributed by atoms with van der Waals surface area (Å²) >= 11 is 5.87. The van der Waals surface area contributed by atoms with Crippen LogP contribution < -0.4 is 4.74 Å². The Kier molecular flexibility index (Phi) is 6.11. The number of carbonyl (C=O) groups is 1. The van der Waals surface area contributed by atoms with Crippen LogP contribution in [0.2, 0.25) is 5.15 Å². The number of aryl methyl sites for hydroxylation is 1. The Balaban J connectivity index is 0.00000106. The summed E-state index contributed by atoms with van der Waals surface area (Å²) in [6.07, 6.45) is 2.78. The minimum absolute atomic E-state index is 0.0890. The molecular formula is C15H17ClN2O3. The van der Waals surface area contributed by atoms with Gasteiger partial charge in [0.2, 0.25) is 0 Å². The van der Waals surface area contributed by atoms with Gasteiger partial charge in [0.25, 0.3) is 0 Å². The minimum atomic E-state index is -1.06. The highest BCUT2D eigenvalue weighted by atomic mass is 35.5. The van der Waals surface area contributed by atoms with E-state index < -0.39 is 5.97 Å². The number of aromatic carboxylic acids is 1. The van der Waals surface area contributed by atoms with Gasteiger partial charge in [0.15, 0.2) is 0 Å². The zero-order chi connectivity index (χ0) is 16.0. The molecular weight excluding hydrogens is 292 g/mol. The largest absolute Gasteiger partial charge is 0.494 e. The number of pyridine rings is 2. The molecule has 0 aliphatic rings. The van der Waals surface area contributed by atoms with Crippen molar-refractivity contribution < 1.29 is 14.6 Å². The summed E-state index contributed by atoms with van der Waals surface area (Å²) in [6.45, 7) is 5.78. The lowest BCUT2D eigenvalue weighted by Crippen LogP contribution is -2.02. The summed E-state index contributed by atoms with van der Waals surface area (Å²) in [4.78, 5) is 19.2. The molecule has 0 atom stereocenters. The van der Waals surface area contributed by atoms with E-state index in [9.17, 15) is 9.90 Å². The van der Waals surface area contributed by atoms with Crippen molar-refractivity contribution in [2.75, 3.05) is 7.11 Å². The van der Waals surface area contributed by atoms with Crippen LogP contribution in [0.5, 0.6) is 5.75 Å². The number of nitrogens with zero attached hydrogens (tertiary/aromatic N) is 2. The Hall–Kier alpha value is -2.14. The van der Waals surface area contributed by atoms with Crippen LogP contribution in [-0.4, -0.2) is 28.2 Å². The Bertz CT molecular complexity index is 645. The fourth-order valence-electron chi connectivity index (χ4n) is 1.74. The zero-order valence-corrected chi connectivity index (χ0v) is 13.1. The van der Waals surface area contributed by atoms with E-state index in [1.807, 2.05) is 13.8 Å². The van der Waals surface area contributed by atoms with Gasteiger partial charge in [-0.15, -0.1) is 0 Å². The monoisotopic (exact) mass is 308 g/mol. The summed E-state index contributed by atoms with van der Waals surface area (Å²) < 4.78 is 5.19. The summed E-state index contributed by atoms with van der Waals surface area (Å²) in [5, 5.41) is 9.49. The topological polar surface area (TPSA) is 72.3 Å². The first kappa shape index (κ1) is 16.9. The predicted molar refractivity (Wildman–Crippen MR) is 82.1 cm³/mol. The molecule has 0 aromatic carbocycles. The molecule has 0 unspecified atom stereocenters. The second-order valence-corrected chi connectivity index (χ2v) is 4.27. The van der Waals surface area contributed by atoms with Crippen molar-refractivity contribution in [3.05, 3.63) is 40.9 Å². The van der Waals surface area contributed by atoms with Crippen LogP contribution in [0.15, 0.2) is 24.5 Å². The molecule has 5 nitrogen and oxygen atoms in total. The third kappa shape index (κ3) is 3.92. The lowest BCUT2D eigenvalue weighted by atomic mass is 10.0. The molecule has 0 fully saturated rings. The quantitative estimate of drug-likeness (QED) is 0.872. The highest BCUT2D eigenvalue weighted by molar-refractivity contribution is 6.29. The Labute approximate surface area is 128 Å². The maximum atomic E-state index is 11.3. The first-order valence-electron chi connectivity index (χ1n) is 6.42. The SMILES string of the molecule is CC.COc1cnc(Cl)cc1-c1cc(C)ncc1C(=O)O. The van der Waals surface area contributed by atoms with Gasteiger partial charge in [-0.1, -0.05) is 25.4 Å². The molecule has 0 amide bonds. The molecule has 0 aliphatic heterocycles. The molecule has 21 heavy (non-hydrogen) atoms. The van der Waals surface area contributed by atoms with Crippen molar-refractivity contribution in [2.24, 2.45) is 0 Å². The van der Waals surface area contributed by atoms with Crippen LogP contribution in [0.25, 0.3) is 11.1 Å². The predicted octanol–water partition coefficient (Wildman–Crippen LogP) is 3.84. The molecule has 0 radical (unpaired) electrons. The van der Waals surface area contributed by atoms with Gasteiger partial charge < -0.3 is 9.84 Å². The van der Waals surface area contributed by atoms with E-state index >= 15 is 0 Å². The molecule has 6 heteroatoms. The van der Waals surface area contributed by atoms with Crippen molar-refractivity contribution in [3.8, 4) is 16.9 Å². The Morgan fingerprint density at radius 3 is 2.43 bits per heavy atom. The van der Waals surface area contributed by atoms with Gasteiger partial charge in [-0.2, -0.15) is 0 Å². The van der Waals surface area contributed by atoms with Crippen molar-refractivity contribution in [3.63, 3.8) is 0 Å². The molecule has 0 saturated carbocycles. The number of methoxy groups -OCH3 is 1. The molecule has 2 heterocycles. The average molecular weight is 309 g/mol. The Morgan fingerprint density at radius 2 is 1.86 bits per heavy atom. The number of ether oxygens (including phenoxy) is 1. The summed E-state index contributed by atoms with van der Waals surface area (Å²) in [6, 6.07) is 3.25. The fraction of sp³-hybridized carbons (Fsp3) is 0.267. The molecule has 2 aromatic rings. The molecule has 2 rings (SSSR count). The molecule has 0 spiro atoms. The molecule has 0 aliphatic carbocycles. The van der Waals surface area contributed by atoms with Crippen LogP contribution >= 0.6 is 11.6 Å². The van der Waals surface area contributed by atoms with E-state index in [1.165, 1.54) is 19.5 Å². The van der Waals surface area contributed by atoms with Crippen LogP contribution in [0, 0.1) is 6.92 Å². The van der Waals surface area contributed by atoms with Gasteiger partial charge in [-0.05, 0) is 19.1 Å². The number of rotatable bonds is 3. The maximum absolute atomic E-state index is 11.3. The van der Waals surface area contributed by atoms with Crippen LogP contribution in [0.1, 0.15) is 29.9 Å². The van der Waals surface area contributed by atoms with E-state index in [4.69, 9.17) is 16.3 Å². The van der Waals surface area contributed by atoms with Gasteiger partial charge in [0, 0.05) is 23.0 Å². The van der Waals surface area contributed by atoms with Gasteiger partial charge in [-0.25, -0.2) is 9.78 Å². The van der Waals surface area contributed by atoms with Crippen LogP contribution in [0.3, 0.4) is 0 Å². The normalized spacial score (nSPS) is 9.57. The maximum Gasteiger partial charge on any atom is 0.337 e. The van der Waals surface area contributed by atoms with E-state index in [2.05, 4.69) is 9.97 Å². The lowest BCUT2D eigenvalue weighted by Gasteiger charge is -2.11. The summed E-state index contributed by atoms with van der Waals surface area (Å²) in [5.74, 6) is -0.602. The molecule has 1 N–H and O–H groups in total. The van der Waals surface area contributed by atoms with Gasteiger partial charge >= 0.3 is 5.97 Å². The van der Waals surface area contributed by atoms with Gasteiger partial charge in [0.05, 0.1) is 18.9 Å². The minimum Gasteiger partial charge on any atom is -0.494 e. The van der Waals surface area contributed by atoms with Gasteiger partial charge in [-0.3, -0.25) is 4.98 Å². The van der Waals surface area contributed by atoms with Crippen molar-refractivity contribution >= 4 is 17.6 Å². The van der Waals surface area contributed by atoms with Crippen LogP contribution in [-0.2, 0) is 0 Å². The molecule has 112 valence electrons. The first-order valence-corrected chi connectivity index (χ1v) is 6.80. The lowest BCUT2D eigenvalue weighted by molar-refractivity contribution is 0.0697. The second-order valence-electron chi connectivity index (χ2n) is 3.88. The number of hydrogen-bond acceptors (Lipinski definition) is 4. The smallest absolute Gasteiger partial charge is 0.337 e. The second kappa shape index (κ2) is 7.59.